The van der Waals surface area contributed by atoms with Crippen LogP contribution < -0.4 is 11.5 Å². The zero-order valence-corrected chi connectivity index (χ0v) is 11.2. The van der Waals surface area contributed by atoms with E-state index in [1.807, 2.05) is 0 Å². The maximum atomic E-state index is 5.34. The monoisotopic (exact) mass is 273 g/mol. The molecular weight excluding hydrogens is 261 g/mol. The third-order valence-corrected chi connectivity index (χ3v) is 1.49. The summed E-state index contributed by atoms with van der Waals surface area (Å²) in [6.45, 7) is 0. The van der Waals surface area contributed by atoms with Crippen molar-refractivity contribution in [2.24, 2.45) is 0 Å². The molecule has 0 aliphatic heterocycles. The molecule has 2 rings (SSSR count). The van der Waals surface area contributed by atoms with Gasteiger partial charge in [0.1, 0.15) is 0 Å². The van der Waals surface area contributed by atoms with Crippen LogP contribution in [-0.4, -0.2) is 0 Å². The average Bonchev–Trinajstić information content (AvgIpc) is 2.21. The molecule has 0 saturated carbocycles. The van der Waals surface area contributed by atoms with E-state index in [-0.39, 0.29) is 32.7 Å². The third-order valence-electron chi connectivity index (χ3n) is 1.49. The molecule has 0 bridgehead atoms. The van der Waals surface area contributed by atoms with Gasteiger partial charge in [0.25, 0.3) is 0 Å². The quantitative estimate of drug-likeness (QED) is 0.570. The number of hydrogen-bond acceptors (Lipinski definition) is 2. The molecule has 0 aromatic heterocycles. The summed E-state index contributed by atoms with van der Waals surface area (Å²) >= 11 is 0. The predicted octanol–water partition coefficient (Wildman–Crippen LogP) is 2.14. The van der Waals surface area contributed by atoms with Crippen LogP contribution in [0.15, 0.2) is 48.5 Å². The Hall–Kier alpha value is -0.856. The van der Waals surface area contributed by atoms with Gasteiger partial charge in [-0.1, -0.05) is 11.4 Å². The van der Waals surface area contributed by atoms with Crippen LogP contribution >= 0.6 is 0 Å². The van der Waals surface area contributed by atoms with E-state index < -0.39 is 0 Å². The van der Waals surface area contributed by atoms with E-state index in [2.05, 4.69) is 12.1 Å². The predicted molar refractivity (Wildman–Crippen MR) is 59.4 cm³/mol. The van der Waals surface area contributed by atoms with Crippen LogP contribution in [0.25, 0.3) is 0 Å². The Balaban J connectivity index is 0.000000245. The molecule has 15 heavy (non-hydrogen) atoms. The van der Waals surface area contributed by atoms with Gasteiger partial charge >= 0.3 is 32.7 Å². The van der Waals surface area contributed by atoms with Crippen LogP contribution in [0.1, 0.15) is 0 Å². The van der Waals surface area contributed by atoms with Crippen molar-refractivity contribution in [3.63, 3.8) is 0 Å². The molecule has 3 heteroatoms. The molecule has 72 valence electrons. The van der Waals surface area contributed by atoms with Gasteiger partial charge < -0.3 is 11.5 Å². The molecule has 2 aromatic rings. The first-order chi connectivity index (χ1) is 6.79. The fourth-order valence-electron chi connectivity index (χ4n) is 0.800. The number of nitrogens with two attached hydrogens (primary N) is 2. The topological polar surface area (TPSA) is 52.0 Å². The number of hydrogen-bond donors (Lipinski definition) is 2. The zero-order chi connectivity index (χ0) is 10.2. The van der Waals surface area contributed by atoms with Crippen molar-refractivity contribution in [3.05, 3.63) is 60.7 Å². The Morgan fingerprint density at radius 1 is 0.667 bits per heavy atom. The molecule has 0 radical (unpaired) electrons. The standard InChI is InChI=1S/2C6H6N.Y/c2*7-6-4-2-1-3-5-6;/h2*2-5H,7H2;/q2*-1;+3. The molecule has 0 heterocycles. The van der Waals surface area contributed by atoms with Crippen molar-refractivity contribution in [2.75, 3.05) is 11.5 Å². The van der Waals surface area contributed by atoms with E-state index in [0.29, 0.717) is 0 Å². The molecule has 0 amide bonds. The van der Waals surface area contributed by atoms with Crippen molar-refractivity contribution >= 4 is 11.4 Å². The maximum Gasteiger partial charge on any atom is 3.00 e. The minimum absolute atomic E-state index is 0. The fourth-order valence-corrected chi connectivity index (χ4v) is 0.800. The van der Waals surface area contributed by atoms with Crippen molar-refractivity contribution in [1.82, 2.24) is 0 Å². The summed E-state index contributed by atoms with van der Waals surface area (Å²) < 4.78 is 0. The van der Waals surface area contributed by atoms with Crippen molar-refractivity contribution < 1.29 is 32.7 Å². The number of anilines is 2. The van der Waals surface area contributed by atoms with Crippen LogP contribution in [0, 0.1) is 12.1 Å². The van der Waals surface area contributed by atoms with E-state index in [1.165, 1.54) is 0 Å². The van der Waals surface area contributed by atoms with Gasteiger partial charge in [0.15, 0.2) is 0 Å². The zero-order valence-electron chi connectivity index (χ0n) is 8.35. The molecule has 0 aliphatic carbocycles. The molecule has 0 aliphatic rings. The maximum absolute atomic E-state index is 5.34. The van der Waals surface area contributed by atoms with E-state index in [0.717, 1.165) is 11.4 Å². The number of benzene rings is 2. The first-order valence-electron chi connectivity index (χ1n) is 4.22. The molecule has 0 spiro atoms. The van der Waals surface area contributed by atoms with Crippen LogP contribution in [-0.2, 0) is 32.7 Å². The Morgan fingerprint density at radius 2 is 0.933 bits per heavy atom. The van der Waals surface area contributed by atoms with E-state index in [1.54, 1.807) is 48.5 Å². The smallest absolute Gasteiger partial charge is 0.419 e. The molecule has 0 fully saturated rings. The fraction of sp³-hybridized carbons (Fsp3) is 0. The molecule has 0 atom stereocenters. The van der Waals surface area contributed by atoms with Gasteiger partial charge in [-0.2, -0.15) is 36.4 Å². The first kappa shape index (κ1) is 14.1. The molecule has 0 saturated heterocycles. The van der Waals surface area contributed by atoms with Crippen molar-refractivity contribution in [3.8, 4) is 0 Å². The minimum Gasteiger partial charge on any atom is -0.419 e. The molecule has 0 unspecified atom stereocenters. The summed E-state index contributed by atoms with van der Waals surface area (Å²) in [7, 11) is 0. The largest absolute Gasteiger partial charge is 3.00 e. The van der Waals surface area contributed by atoms with Gasteiger partial charge in [-0.3, -0.25) is 0 Å². The first-order valence-corrected chi connectivity index (χ1v) is 4.22. The Kier molecular flexibility index (Phi) is 7.97. The third kappa shape index (κ3) is 7.12. The molecular formula is C12H12N2Y+. The van der Waals surface area contributed by atoms with Crippen molar-refractivity contribution in [1.29, 1.82) is 0 Å². The average molecular weight is 273 g/mol. The summed E-state index contributed by atoms with van der Waals surface area (Å²) in [6.07, 6.45) is 0. The normalized spacial score (nSPS) is 8.00. The van der Waals surface area contributed by atoms with Crippen LogP contribution in [0.5, 0.6) is 0 Å². The Bertz CT molecular complexity index is 311. The second-order valence-corrected chi connectivity index (χ2v) is 2.67. The number of rotatable bonds is 0. The minimum atomic E-state index is 0. The molecule has 2 nitrogen and oxygen atoms in total. The number of nitrogen functional groups attached to an aromatic ring is 2. The summed E-state index contributed by atoms with van der Waals surface area (Å²) in [5.74, 6) is 0. The van der Waals surface area contributed by atoms with Crippen molar-refractivity contribution in [2.45, 2.75) is 0 Å². The van der Waals surface area contributed by atoms with Crippen LogP contribution in [0.3, 0.4) is 0 Å². The van der Waals surface area contributed by atoms with E-state index in [9.17, 15) is 0 Å². The molecule has 2 aromatic carbocycles. The van der Waals surface area contributed by atoms with Gasteiger partial charge in [-0.05, 0) is 0 Å². The van der Waals surface area contributed by atoms with Gasteiger partial charge in [0, 0.05) is 0 Å². The van der Waals surface area contributed by atoms with Crippen LogP contribution in [0.4, 0.5) is 11.4 Å². The Labute approximate surface area is 116 Å². The second kappa shape index (κ2) is 8.45. The summed E-state index contributed by atoms with van der Waals surface area (Å²) in [4.78, 5) is 0. The second-order valence-electron chi connectivity index (χ2n) is 2.67. The van der Waals surface area contributed by atoms with Gasteiger partial charge in [0.05, 0.1) is 0 Å². The SMILES string of the molecule is Nc1cc[c-]cc1.Nc1cc[c-]cc1.[Y+3]. The van der Waals surface area contributed by atoms with E-state index in [4.69, 9.17) is 11.5 Å². The van der Waals surface area contributed by atoms with Gasteiger partial charge in [0.2, 0.25) is 0 Å². The summed E-state index contributed by atoms with van der Waals surface area (Å²) in [5.41, 5.74) is 12.3. The molecule has 4 N–H and O–H groups in total. The van der Waals surface area contributed by atoms with Gasteiger partial charge in [-0.25, -0.2) is 0 Å². The van der Waals surface area contributed by atoms with E-state index >= 15 is 0 Å². The Morgan fingerprint density at radius 3 is 1.07 bits per heavy atom. The van der Waals surface area contributed by atoms with Crippen LogP contribution in [0.2, 0.25) is 0 Å². The summed E-state index contributed by atoms with van der Waals surface area (Å²) in [6, 6.07) is 20.1. The van der Waals surface area contributed by atoms with Gasteiger partial charge in [-0.15, -0.1) is 24.3 Å². The summed E-state index contributed by atoms with van der Waals surface area (Å²) in [5, 5.41) is 0.